The molecule has 2 unspecified atom stereocenters. The number of rotatable bonds is 6. The minimum absolute atomic E-state index is 0. The van der Waals surface area contributed by atoms with Crippen LogP contribution in [0.2, 0.25) is 0 Å². The van der Waals surface area contributed by atoms with E-state index in [1.165, 1.54) is 0 Å². The van der Waals surface area contributed by atoms with Gasteiger partial charge in [-0.25, -0.2) is 4.79 Å². The number of hydrogen-bond donors (Lipinski definition) is 4. The maximum atomic E-state index is 9.69. The van der Waals surface area contributed by atoms with E-state index in [1.54, 1.807) is 0 Å². The van der Waals surface area contributed by atoms with Crippen LogP contribution in [-0.2, 0) is 19.2 Å². The molecule has 12 heteroatoms. The molecule has 0 saturated carbocycles. The normalized spacial score (nSPS) is 11.3. The number of carbonyl (C=O) groups is 4. The van der Waals surface area contributed by atoms with Crippen LogP contribution >= 0.6 is 0 Å². The Morgan fingerprint density at radius 3 is 1.40 bits per heavy atom. The standard InChI is InChI=1S/2C4H6O5.Ca.H2O/c2*5-2(4(8)9)1-3(6)7;;/h2*2,5H,1H2,(H,6,7)(H,8,9);;1H2/q;;+2;/p-2. The number of aliphatic carboxylic acids is 4. The molecule has 0 aliphatic heterocycles. The van der Waals surface area contributed by atoms with Crippen molar-refractivity contribution in [3.8, 4) is 0 Å². The fraction of sp³-hybridized carbons (Fsp3) is 0.500. The molecule has 0 aromatic carbocycles. The Morgan fingerprint density at radius 1 is 0.900 bits per heavy atom. The van der Waals surface area contributed by atoms with Gasteiger partial charge >= 0.3 is 49.7 Å². The van der Waals surface area contributed by atoms with Crippen molar-refractivity contribution in [2.45, 2.75) is 25.0 Å². The van der Waals surface area contributed by atoms with E-state index in [1.807, 2.05) is 0 Å². The first-order valence-corrected chi connectivity index (χ1v) is 4.29. The number of aliphatic hydroxyl groups excluding tert-OH is 2. The molecule has 0 amide bonds. The third kappa shape index (κ3) is 19.4. The van der Waals surface area contributed by atoms with Crippen LogP contribution in [0, 0.1) is 0 Å². The first kappa shape index (κ1) is 27.4. The summed E-state index contributed by atoms with van der Waals surface area (Å²) in [7, 11) is 0. The largest absolute Gasteiger partial charge is 2.00 e. The van der Waals surface area contributed by atoms with Crippen LogP contribution in [-0.4, -0.2) is 99.7 Å². The van der Waals surface area contributed by atoms with Crippen molar-refractivity contribution in [2.24, 2.45) is 0 Å². The molecule has 2 atom stereocenters. The van der Waals surface area contributed by atoms with Gasteiger partial charge in [0.25, 0.3) is 0 Å². The van der Waals surface area contributed by atoms with E-state index in [9.17, 15) is 29.4 Å². The van der Waals surface area contributed by atoms with Crippen LogP contribution in [0.15, 0.2) is 0 Å². The van der Waals surface area contributed by atoms with Crippen LogP contribution in [0.25, 0.3) is 0 Å². The Balaban J connectivity index is -0.000000116. The molecular weight excluding hydrogens is 312 g/mol. The van der Waals surface area contributed by atoms with Crippen LogP contribution < -0.4 is 10.2 Å². The van der Waals surface area contributed by atoms with Gasteiger partial charge in [-0.05, 0) is 0 Å². The van der Waals surface area contributed by atoms with Crippen molar-refractivity contribution in [3.05, 3.63) is 0 Å². The molecule has 0 heterocycles. The molecule has 11 nitrogen and oxygen atoms in total. The summed E-state index contributed by atoms with van der Waals surface area (Å²) in [4.78, 5) is 38.5. The molecule has 20 heavy (non-hydrogen) atoms. The second-order valence-corrected chi connectivity index (χ2v) is 2.86. The summed E-state index contributed by atoms with van der Waals surface area (Å²) in [5, 5.41) is 51.5. The van der Waals surface area contributed by atoms with Gasteiger partial charge in [-0.2, -0.15) is 0 Å². The third-order valence-electron chi connectivity index (χ3n) is 1.29. The zero-order valence-electron chi connectivity index (χ0n) is 10.0. The van der Waals surface area contributed by atoms with Crippen molar-refractivity contribution in [1.82, 2.24) is 0 Å². The van der Waals surface area contributed by atoms with E-state index in [-0.39, 0.29) is 43.2 Å². The first-order chi connectivity index (χ1) is 8.07. The van der Waals surface area contributed by atoms with Crippen molar-refractivity contribution in [1.29, 1.82) is 0 Å². The smallest absolute Gasteiger partial charge is 0.550 e. The Labute approximate surface area is 141 Å². The Bertz CT molecular complexity index is 296. The van der Waals surface area contributed by atoms with Crippen molar-refractivity contribution in [3.63, 3.8) is 0 Å². The molecule has 0 fully saturated rings. The minimum Gasteiger partial charge on any atom is -0.550 e. The van der Waals surface area contributed by atoms with E-state index in [0.717, 1.165) is 0 Å². The van der Waals surface area contributed by atoms with Crippen LogP contribution in [0.5, 0.6) is 0 Å². The molecular formula is C8H12CaO11. The average molecular weight is 324 g/mol. The van der Waals surface area contributed by atoms with E-state index < -0.39 is 48.9 Å². The summed E-state index contributed by atoms with van der Waals surface area (Å²) in [6.07, 6.45) is -5.44. The van der Waals surface area contributed by atoms with Gasteiger partial charge in [0, 0.05) is 12.4 Å². The molecule has 0 spiro atoms. The molecule has 0 saturated heterocycles. The second-order valence-electron chi connectivity index (χ2n) is 2.86. The van der Waals surface area contributed by atoms with Gasteiger partial charge < -0.3 is 45.7 Å². The number of hydrogen-bond acceptors (Lipinski definition) is 8. The van der Waals surface area contributed by atoms with Crippen molar-refractivity contribution in [2.75, 3.05) is 0 Å². The average Bonchev–Trinajstić information content (AvgIpc) is 2.16. The Morgan fingerprint density at radius 2 is 1.30 bits per heavy atom. The molecule has 0 aliphatic rings. The quantitative estimate of drug-likeness (QED) is 0.338. The van der Waals surface area contributed by atoms with Crippen LogP contribution in [0.3, 0.4) is 0 Å². The minimum atomic E-state index is -1.90. The zero-order valence-corrected chi connectivity index (χ0v) is 12.2. The summed E-state index contributed by atoms with van der Waals surface area (Å²) < 4.78 is 0. The SMILES string of the molecule is O.O=C(O)CC(O)C(=O)[O-].O=C([O-])CC(O)C(=O)O.[Ca+2]. The number of aliphatic hydroxyl groups is 2. The van der Waals surface area contributed by atoms with Crippen LogP contribution in [0.1, 0.15) is 12.8 Å². The van der Waals surface area contributed by atoms with Gasteiger partial charge in [0.2, 0.25) is 0 Å². The van der Waals surface area contributed by atoms with Crippen molar-refractivity contribution < 1.29 is 55.3 Å². The van der Waals surface area contributed by atoms with E-state index >= 15 is 0 Å². The number of carboxylic acid groups (broad SMARTS) is 4. The van der Waals surface area contributed by atoms with Gasteiger partial charge in [-0.15, -0.1) is 0 Å². The summed E-state index contributed by atoms with van der Waals surface area (Å²) in [5.74, 6) is -6.27. The number of carboxylic acids is 4. The molecule has 0 bridgehead atoms. The molecule has 0 aliphatic carbocycles. The molecule has 112 valence electrons. The van der Waals surface area contributed by atoms with Gasteiger partial charge in [-0.3, -0.25) is 4.79 Å². The summed E-state index contributed by atoms with van der Waals surface area (Å²) in [6.45, 7) is 0. The van der Waals surface area contributed by atoms with Gasteiger partial charge in [-0.1, -0.05) is 0 Å². The molecule has 6 N–H and O–H groups in total. The van der Waals surface area contributed by atoms with Gasteiger partial charge in [0.15, 0.2) is 6.10 Å². The predicted molar refractivity (Wildman–Crippen MR) is 55.9 cm³/mol. The maximum absolute atomic E-state index is 9.69. The molecule has 0 rings (SSSR count). The molecule has 0 aromatic rings. The van der Waals surface area contributed by atoms with Gasteiger partial charge in [0.05, 0.1) is 12.4 Å². The predicted octanol–water partition coefficient (Wildman–Crippen LogP) is -6.06. The van der Waals surface area contributed by atoms with Crippen LogP contribution in [0.4, 0.5) is 0 Å². The fourth-order valence-electron chi connectivity index (χ4n) is 0.494. The van der Waals surface area contributed by atoms with E-state index in [0.29, 0.717) is 0 Å². The van der Waals surface area contributed by atoms with Crippen molar-refractivity contribution >= 4 is 61.6 Å². The second kappa shape index (κ2) is 14.4. The number of carbonyl (C=O) groups excluding carboxylic acids is 2. The Kier molecular flexibility index (Phi) is 19.8. The van der Waals surface area contributed by atoms with Gasteiger partial charge in [0.1, 0.15) is 6.10 Å². The van der Waals surface area contributed by atoms with E-state index in [4.69, 9.17) is 20.4 Å². The monoisotopic (exact) mass is 324 g/mol. The zero-order chi connectivity index (χ0) is 14.9. The third-order valence-corrected chi connectivity index (χ3v) is 1.29. The Hall–Kier alpha value is -0.980. The molecule has 0 aromatic heterocycles. The maximum Gasteiger partial charge on any atom is 2.00 e. The van der Waals surface area contributed by atoms with E-state index in [2.05, 4.69) is 0 Å². The topological polar surface area (TPSA) is 227 Å². The summed E-state index contributed by atoms with van der Waals surface area (Å²) in [6, 6.07) is 0. The summed E-state index contributed by atoms with van der Waals surface area (Å²) in [5.41, 5.74) is 0. The fourth-order valence-corrected chi connectivity index (χ4v) is 0.494. The molecule has 0 radical (unpaired) electrons. The first-order valence-electron chi connectivity index (χ1n) is 4.29. The summed E-state index contributed by atoms with van der Waals surface area (Å²) >= 11 is 0.